The third-order valence-electron chi connectivity index (χ3n) is 4.96. The molecule has 152 valence electrons. The number of nitrogens with zero attached hydrogens (tertiary/aromatic N) is 4. The number of benzene rings is 2. The highest BCUT2D eigenvalue weighted by Gasteiger charge is 2.20. The van der Waals surface area contributed by atoms with Crippen molar-refractivity contribution in [3.8, 4) is 5.69 Å². The number of rotatable bonds is 5. The van der Waals surface area contributed by atoms with Crippen molar-refractivity contribution in [3.63, 3.8) is 0 Å². The summed E-state index contributed by atoms with van der Waals surface area (Å²) in [4.78, 5) is 43.1. The van der Waals surface area contributed by atoms with Crippen LogP contribution in [0.25, 0.3) is 16.9 Å². The van der Waals surface area contributed by atoms with Crippen LogP contribution in [0.5, 0.6) is 0 Å². The van der Waals surface area contributed by atoms with Crippen LogP contribution in [-0.4, -0.2) is 24.5 Å². The first kappa shape index (κ1) is 19.8. The molecule has 2 aromatic heterocycles. The van der Waals surface area contributed by atoms with Crippen molar-refractivity contribution in [2.75, 3.05) is 0 Å². The van der Waals surface area contributed by atoms with Crippen molar-refractivity contribution in [1.82, 2.24) is 18.7 Å². The van der Waals surface area contributed by atoms with E-state index < -0.39 is 11.2 Å². The fourth-order valence-electron chi connectivity index (χ4n) is 3.46. The average molecular weight is 423 g/mol. The summed E-state index contributed by atoms with van der Waals surface area (Å²) in [5.74, 6) is -0.193. The Hall–Kier alpha value is -3.45. The Labute approximate surface area is 176 Å². The molecule has 30 heavy (non-hydrogen) atoms. The first-order valence-corrected chi connectivity index (χ1v) is 9.85. The zero-order valence-electron chi connectivity index (χ0n) is 16.5. The van der Waals surface area contributed by atoms with Crippen molar-refractivity contribution in [2.45, 2.75) is 26.9 Å². The lowest BCUT2D eigenvalue weighted by Crippen LogP contribution is -2.39. The molecule has 7 nitrogen and oxygen atoms in total. The lowest BCUT2D eigenvalue weighted by Gasteiger charge is -2.12. The fraction of sp³-hybridized carbons (Fsp3) is 0.182. The normalized spacial score (nSPS) is 11.2. The number of carbonyl (C=O) groups is 1. The number of imidazole rings is 1. The molecule has 0 aliphatic heterocycles. The van der Waals surface area contributed by atoms with Gasteiger partial charge in [0.15, 0.2) is 16.9 Å². The Balaban J connectivity index is 1.91. The molecule has 0 radical (unpaired) electrons. The third-order valence-corrected chi connectivity index (χ3v) is 5.21. The minimum absolute atomic E-state index is 0.0803. The fourth-order valence-corrected chi connectivity index (χ4v) is 3.59. The largest absolute Gasteiger partial charge is 0.337 e. The van der Waals surface area contributed by atoms with Gasteiger partial charge in [0.2, 0.25) is 0 Å². The summed E-state index contributed by atoms with van der Waals surface area (Å²) in [5, 5.41) is 0.535. The summed E-state index contributed by atoms with van der Waals surface area (Å²) >= 11 is 5.89. The summed E-state index contributed by atoms with van der Waals surface area (Å²) in [6.07, 6.45) is 1.42. The Morgan fingerprint density at radius 1 is 1.10 bits per heavy atom. The molecule has 0 N–H and O–H groups in total. The molecule has 0 saturated heterocycles. The Morgan fingerprint density at radius 3 is 2.50 bits per heavy atom. The maximum absolute atomic E-state index is 13.0. The first-order chi connectivity index (χ1) is 14.4. The second kappa shape index (κ2) is 7.76. The van der Waals surface area contributed by atoms with Crippen LogP contribution in [-0.2, 0) is 13.1 Å². The molecule has 0 amide bonds. The SMILES string of the molecule is CCn1c(=O)c2c(ncn2CC(=O)c2ccc(Cl)cc2)n(-c2cccc(C)c2)c1=O. The van der Waals surface area contributed by atoms with Crippen LogP contribution in [0, 0.1) is 6.92 Å². The molecule has 4 aromatic rings. The molecule has 2 aromatic carbocycles. The van der Waals surface area contributed by atoms with Gasteiger partial charge in [-0.25, -0.2) is 14.3 Å². The summed E-state index contributed by atoms with van der Waals surface area (Å²) < 4.78 is 4.05. The lowest BCUT2D eigenvalue weighted by atomic mass is 10.1. The van der Waals surface area contributed by atoms with Crippen molar-refractivity contribution < 1.29 is 4.79 Å². The van der Waals surface area contributed by atoms with E-state index in [2.05, 4.69) is 4.98 Å². The number of hydrogen-bond acceptors (Lipinski definition) is 4. The van der Waals surface area contributed by atoms with Crippen molar-refractivity contribution in [3.05, 3.63) is 91.8 Å². The molecular formula is C22H19ClN4O3. The van der Waals surface area contributed by atoms with Crippen molar-refractivity contribution >= 4 is 28.5 Å². The molecule has 0 unspecified atom stereocenters. The van der Waals surface area contributed by atoms with Crippen molar-refractivity contribution in [1.29, 1.82) is 0 Å². The van der Waals surface area contributed by atoms with Gasteiger partial charge in [0.05, 0.1) is 18.6 Å². The van der Waals surface area contributed by atoms with E-state index in [1.54, 1.807) is 37.3 Å². The van der Waals surface area contributed by atoms with E-state index in [1.165, 1.54) is 15.5 Å². The van der Waals surface area contributed by atoms with Gasteiger partial charge in [-0.1, -0.05) is 23.7 Å². The molecule has 0 saturated carbocycles. The van der Waals surface area contributed by atoms with E-state index >= 15 is 0 Å². The predicted molar refractivity (Wildman–Crippen MR) is 116 cm³/mol. The Morgan fingerprint density at radius 2 is 1.83 bits per heavy atom. The van der Waals surface area contributed by atoms with Crippen LogP contribution in [0.3, 0.4) is 0 Å². The highest BCUT2D eigenvalue weighted by molar-refractivity contribution is 6.30. The molecule has 0 atom stereocenters. The molecule has 2 heterocycles. The topological polar surface area (TPSA) is 78.9 Å². The first-order valence-electron chi connectivity index (χ1n) is 9.47. The van der Waals surface area contributed by atoms with Gasteiger partial charge < -0.3 is 4.57 Å². The van der Waals surface area contributed by atoms with E-state index in [0.717, 1.165) is 10.1 Å². The average Bonchev–Trinajstić information content (AvgIpc) is 3.12. The maximum atomic E-state index is 13.0. The number of ketones is 1. The van der Waals surface area contributed by atoms with Gasteiger partial charge in [-0.15, -0.1) is 0 Å². The van der Waals surface area contributed by atoms with E-state index in [4.69, 9.17) is 11.6 Å². The molecule has 0 spiro atoms. The second-order valence-electron chi connectivity index (χ2n) is 6.98. The minimum Gasteiger partial charge on any atom is -0.317 e. The quantitative estimate of drug-likeness (QED) is 0.462. The third kappa shape index (κ3) is 3.37. The zero-order chi connectivity index (χ0) is 21.4. The molecule has 0 fully saturated rings. The standard InChI is InChI=1S/C22H19ClN4O3/c1-3-26-21(29)19-20(27(22(26)30)17-6-4-5-14(2)11-17)24-13-25(19)12-18(28)15-7-9-16(23)10-8-15/h4-11,13H,3,12H2,1-2H3. The number of halogens is 1. The maximum Gasteiger partial charge on any atom is 0.337 e. The van der Waals surface area contributed by atoms with Gasteiger partial charge in [0.25, 0.3) is 5.56 Å². The van der Waals surface area contributed by atoms with Crippen LogP contribution in [0.2, 0.25) is 5.02 Å². The second-order valence-corrected chi connectivity index (χ2v) is 7.42. The van der Waals surface area contributed by atoms with E-state index in [-0.39, 0.29) is 30.0 Å². The number of Topliss-reactive ketones (excluding diaryl/α,β-unsaturated/α-hetero) is 1. The summed E-state index contributed by atoms with van der Waals surface area (Å²) in [7, 11) is 0. The molecule has 8 heteroatoms. The summed E-state index contributed by atoms with van der Waals surface area (Å²) in [5.41, 5.74) is 1.56. The highest BCUT2D eigenvalue weighted by Crippen LogP contribution is 2.16. The van der Waals surface area contributed by atoms with E-state index in [0.29, 0.717) is 16.3 Å². The van der Waals surface area contributed by atoms with Crippen LogP contribution in [0.15, 0.2) is 64.4 Å². The van der Waals surface area contributed by atoms with Gasteiger partial charge >= 0.3 is 5.69 Å². The van der Waals surface area contributed by atoms with E-state index in [1.807, 2.05) is 25.1 Å². The van der Waals surface area contributed by atoms with Gasteiger partial charge in [-0.3, -0.25) is 14.2 Å². The van der Waals surface area contributed by atoms with Crippen LogP contribution in [0.1, 0.15) is 22.8 Å². The molecule has 0 bridgehead atoms. The number of hydrogen-bond donors (Lipinski definition) is 0. The minimum atomic E-state index is -0.470. The summed E-state index contributed by atoms with van der Waals surface area (Å²) in [6.45, 7) is 3.78. The predicted octanol–water partition coefficient (Wildman–Crippen LogP) is 3.21. The number of fused-ring (bicyclic) bond motifs is 1. The van der Waals surface area contributed by atoms with Gasteiger partial charge in [-0.2, -0.15) is 0 Å². The van der Waals surface area contributed by atoms with Gasteiger partial charge in [0, 0.05) is 17.1 Å². The number of aryl methyl sites for hydroxylation is 1. The highest BCUT2D eigenvalue weighted by atomic mass is 35.5. The van der Waals surface area contributed by atoms with Crippen LogP contribution >= 0.6 is 11.6 Å². The molecule has 0 aliphatic carbocycles. The van der Waals surface area contributed by atoms with Crippen molar-refractivity contribution in [2.24, 2.45) is 0 Å². The number of carbonyl (C=O) groups excluding carboxylic acids is 1. The zero-order valence-corrected chi connectivity index (χ0v) is 17.3. The number of aromatic nitrogens is 4. The monoisotopic (exact) mass is 422 g/mol. The molecule has 0 aliphatic rings. The van der Waals surface area contributed by atoms with Crippen LogP contribution < -0.4 is 11.2 Å². The van der Waals surface area contributed by atoms with Gasteiger partial charge in [0.1, 0.15) is 0 Å². The molecule has 4 rings (SSSR count). The van der Waals surface area contributed by atoms with Crippen LogP contribution in [0.4, 0.5) is 0 Å². The van der Waals surface area contributed by atoms with Gasteiger partial charge in [-0.05, 0) is 55.8 Å². The Bertz CT molecular complexity index is 1380. The smallest absolute Gasteiger partial charge is 0.317 e. The molecular weight excluding hydrogens is 404 g/mol. The lowest BCUT2D eigenvalue weighted by molar-refractivity contribution is 0.0973. The van der Waals surface area contributed by atoms with E-state index in [9.17, 15) is 14.4 Å². The summed E-state index contributed by atoms with van der Waals surface area (Å²) in [6, 6.07) is 13.9. The Kier molecular flexibility index (Phi) is 5.13.